The summed E-state index contributed by atoms with van der Waals surface area (Å²) in [6.07, 6.45) is 4.94. The Balaban J connectivity index is 0.000000193. The zero-order valence-corrected chi connectivity index (χ0v) is 35.0. The Morgan fingerprint density at radius 1 is 0.709 bits per heavy atom. The normalized spacial score (nSPS) is 16.5. The fourth-order valence-electron chi connectivity index (χ4n) is 8.72. The Bertz CT molecular complexity index is 2180. The monoisotopic (exact) mass is 903 g/mol. The molecule has 1 aromatic heterocycles. The molecule has 0 saturated carbocycles. The molecule has 0 spiro atoms. The molecule has 2 heterocycles. The molecule has 1 aliphatic carbocycles. The topological polar surface area (TPSA) is 59.8 Å². The third kappa shape index (κ3) is 7.57. The van der Waals surface area contributed by atoms with E-state index in [1.54, 1.807) is 0 Å². The second-order valence-electron chi connectivity index (χ2n) is 14.8. The number of aryl methyl sites for hydroxylation is 6. The van der Waals surface area contributed by atoms with Crippen LogP contribution in [0, 0.1) is 60.3 Å². The van der Waals surface area contributed by atoms with Gasteiger partial charge in [-0.2, -0.15) is 55.2 Å². The van der Waals surface area contributed by atoms with Crippen LogP contribution in [-0.2, 0) is 25.5 Å². The van der Waals surface area contributed by atoms with Crippen LogP contribution in [0.1, 0.15) is 85.5 Å². The molecule has 0 bridgehead atoms. The smallest absolute Gasteiger partial charge is 0.510 e. The van der Waals surface area contributed by atoms with E-state index in [2.05, 4.69) is 122 Å². The molecule has 2 unspecified atom stereocenters. The van der Waals surface area contributed by atoms with Gasteiger partial charge in [0.1, 0.15) is 0 Å². The number of pyridine rings is 1. The standard InChI is InChI=1S/C28H20N3.C21H28O2.Ir/c1-30-17-18-31(20-30)22-10-8-9-21(19-22)28(27-15-6-7-16-29-27)25-13-4-2-11-23(25)24-12-3-5-14-26(24)28;1-12-7-14(3)20(15(4)8-12)18(22)11-19(23)21-16(5)9-13(2)10-17(21)6;/h2-13,15-18,20H,1H3;7-10,18-19,22-23H,11H2,1-6H3;/q-3;;+3/t28-;;/m1../s1. The van der Waals surface area contributed by atoms with Gasteiger partial charge in [-0.25, -0.2) is 0 Å². The van der Waals surface area contributed by atoms with Crippen LogP contribution in [0.25, 0.3) is 11.1 Å². The summed E-state index contributed by atoms with van der Waals surface area (Å²) in [6.45, 7) is 14.3. The fraction of sp³-hybridized carbons (Fsp3) is 0.224. The number of benzene rings is 5. The number of fused-ring (bicyclic) bond motifs is 3. The van der Waals surface area contributed by atoms with Crippen molar-refractivity contribution in [2.24, 2.45) is 0 Å². The average Bonchev–Trinajstić information content (AvgIpc) is 3.71. The summed E-state index contributed by atoms with van der Waals surface area (Å²) in [5.41, 5.74) is 15.9. The van der Waals surface area contributed by atoms with Gasteiger partial charge < -0.3 is 20.0 Å². The predicted octanol–water partition coefficient (Wildman–Crippen LogP) is 10.1. The number of aliphatic hydroxyl groups excluding tert-OH is 2. The third-order valence-corrected chi connectivity index (χ3v) is 10.7. The van der Waals surface area contributed by atoms with Crippen LogP contribution in [0.4, 0.5) is 5.69 Å². The van der Waals surface area contributed by atoms with Crippen molar-refractivity contribution in [3.63, 3.8) is 0 Å². The molecule has 0 saturated heterocycles. The average molecular weight is 903 g/mol. The van der Waals surface area contributed by atoms with Gasteiger partial charge >= 0.3 is 20.1 Å². The molecule has 2 N–H and O–H groups in total. The van der Waals surface area contributed by atoms with Crippen LogP contribution in [0.2, 0.25) is 0 Å². The summed E-state index contributed by atoms with van der Waals surface area (Å²) >= 11 is 0. The van der Waals surface area contributed by atoms with E-state index >= 15 is 0 Å². The summed E-state index contributed by atoms with van der Waals surface area (Å²) in [6, 6.07) is 43.0. The second kappa shape index (κ2) is 16.5. The maximum absolute atomic E-state index is 10.7. The molecule has 0 radical (unpaired) electrons. The Morgan fingerprint density at radius 3 is 1.89 bits per heavy atom. The fourth-order valence-corrected chi connectivity index (χ4v) is 8.72. The van der Waals surface area contributed by atoms with E-state index in [0.29, 0.717) is 6.42 Å². The van der Waals surface area contributed by atoms with Gasteiger partial charge in [0.25, 0.3) is 0 Å². The van der Waals surface area contributed by atoms with Gasteiger partial charge in [-0.05, 0) is 112 Å². The van der Waals surface area contributed by atoms with Crippen LogP contribution < -0.4 is 4.90 Å². The number of hydrogen-bond donors (Lipinski definition) is 2. The summed E-state index contributed by atoms with van der Waals surface area (Å²) in [5, 5.41) is 21.4. The van der Waals surface area contributed by atoms with Crippen LogP contribution in [-0.4, -0.2) is 27.1 Å². The predicted molar refractivity (Wildman–Crippen MR) is 219 cm³/mol. The molecule has 3 atom stereocenters. The third-order valence-electron chi connectivity index (χ3n) is 10.7. The van der Waals surface area contributed by atoms with Gasteiger partial charge in [0.05, 0.1) is 17.9 Å². The second-order valence-corrected chi connectivity index (χ2v) is 14.8. The molecule has 55 heavy (non-hydrogen) atoms. The first-order valence-corrected chi connectivity index (χ1v) is 18.6. The minimum atomic E-state index is -0.661. The number of nitrogens with zero attached hydrogens (tertiary/aromatic N) is 3. The van der Waals surface area contributed by atoms with E-state index in [4.69, 9.17) is 4.98 Å². The Hall–Kier alpha value is -4.84. The van der Waals surface area contributed by atoms with Crippen LogP contribution in [0.3, 0.4) is 0 Å². The number of aliphatic hydroxyl groups is 2. The van der Waals surface area contributed by atoms with Crippen LogP contribution in [0.15, 0.2) is 122 Å². The number of anilines is 1. The van der Waals surface area contributed by atoms with E-state index in [-0.39, 0.29) is 20.1 Å². The number of rotatable bonds is 7. The first kappa shape index (κ1) is 39.8. The molecule has 6 heteroatoms. The first-order chi connectivity index (χ1) is 26.0. The van der Waals surface area contributed by atoms with Crippen molar-refractivity contribution in [3.05, 3.63) is 207 Å². The molecular weight excluding hydrogens is 855 g/mol. The van der Waals surface area contributed by atoms with Crippen molar-refractivity contribution in [1.82, 2.24) is 9.88 Å². The summed E-state index contributed by atoms with van der Waals surface area (Å²) in [5.74, 6) is 0. The van der Waals surface area contributed by atoms with Crippen molar-refractivity contribution in [1.29, 1.82) is 0 Å². The largest absolute Gasteiger partial charge is 3.00 e. The van der Waals surface area contributed by atoms with Crippen molar-refractivity contribution in [2.75, 3.05) is 11.9 Å². The first-order valence-electron chi connectivity index (χ1n) is 18.6. The van der Waals surface area contributed by atoms with Gasteiger partial charge in [0, 0.05) is 18.0 Å². The Labute approximate surface area is 340 Å². The van der Waals surface area contributed by atoms with Crippen LogP contribution >= 0.6 is 0 Å². The molecule has 8 rings (SSSR count). The van der Waals surface area contributed by atoms with Crippen molar-refractivity contribution < 1.29 is 30.3 Å². The minimum Gasteiger partial charge on any atom is -0.510 e. The van der Waals surface area contributed by atoms with Gasteiger partial charge in [0.2, 0.25) is 0 Å². The van der Waals surface area contributed by atoms with E-state index in [1.807, 2.05) is 77.0 Å². The molecule has 5 aromatic carbocycles. The van der Waals surface area contributed by atoms with Crippen molar-refractivity contribution in [2.45, 2.75) is 65.6 Å². The molecule has 0 fully saturated rings. The van der Waals surface area contributed by atoms with E-state index in [1.165, 1.54) is 27.8 Å². The molecule has 2 aliphatic rings. The van der Waals surface area contributed by atoms with E-state index < -0.39 is 17.6 Å². The minimum absolute atomic E-state index is 0. The Morgan fingerprint density at radius 2 is 1.31 bits per heavy atom. The Kier molecular flexibility index (Phi) is 11.9. The molecule has 280 valence electrons. The molecule has 5 nitrogen and oxygen atoms in total. The van der Waals surface area contributed by atoms with Gasteiger partial charge in [-0.1, -0.05) is 71.3 Å². The maximum atomic E-state index is 10.7. The van der Waals surface area contributed by atoms with Gasteiger partial charge in [0.15, 0.2) is 0 Å². The summed E-state index contributed by atoms with van der Waals surface area (Å²) < 4.78 is 0. The number of aromatic nitrogens is 1. The van der Waals surface area contributed by atoms with E-state index in [9.17, 15) is 10.2 Å². The van der Waals surface area contributed by atoms with Crippen molar-refractivity contribution in [3.8, 4) is 11.1 Å². The quantitative estimate of drug-likeness (QED) is 0.156. The molecule has 6 aromatic rings. The number of hydrogen-bond acceptors (Lipinski definition) is 5. The van der Waals surface area contributed by atoms with E-state index in [0.717, 1.165) is 55.9 Å². The summed E-state index contributed by atoms with van der Waals surface area (Å²) in [7, 11) is 2.02. The SMILES string of the molecule is CN1C=CN(c2[c-]c([C@]3(c4ccccn4)c4[c-]cccc4-c4ccccc43)ccc2)[CH-]1.Cc1cc(C)c(C(O)CC(O)c2c(C)cc(C)cc2C)c(C)c1.[Ir+3]. The maximum Gasteiger partial charge on any atom is 3.00 e. The molecular formula is C49H48IrN3O2. The molecule has 1 aliphatic heterocycles. The summed E-state index contributed by atoms with van der Waals surface area (Å²) in [4.78, 5) is 8.98. The molecule has 0 amide bonds. The van der Waals surface area contributed by atoms with Crippen LogP contribution in [0.5, 0.6) is 0 Å². The zero-order chi connectivity index (χ0) is 38.1. The van der Waals surface area contributed by atoms with Gasteiger partial charge in [-0.3, -0.25) is 4.98 Å². The zero-order valence-electron chi connectivity index (χ0n) is 32.6. The van der Waals surface area contributed by atoms with Gasteiger partial charge in [-0.15, -0.1) is 22.4 Å². The van der Waals surface area contributed by atoms with Crippen molar-refractivity contribution >= 4 is 5.69 Å².